The first-order chi connectivity index (χ1) is 9.63. The van der Waals surface area contributed by atoms with Crippen molar-refractivity contribution in [2.45, 2.75) is 63.5 Å². The second-order valence-corrected chi connectivity index (χ2v) is 6.27. The van der Waals surface area contributed by atoms with Crippen molar-refractivity contribution < 1.29 is 9.90 Å². The number of carbonyl (C=O) groups is 1. The van der Waals surface area contributed by atoms with Crippen LogP contribution in [0.5, 0.6) is 0 Å². The van der Waals surface area contributed by atoms with Crippen molar-refractivity contribution in [3.05, 3.63) is 0 Å². The van der Waals surface area contributed by atoms with E-state index in [1.807, 2.05) is 0 Å². The molecular weight excluding hydrogens is 254 g/mol. The SMILES string of the molecule is CCN1CCCC1CNC(=O)NCC1(O)CCCCC1. The Hall–Kier alpha value is -0.810. The van der Waals surface area contributed by atoms with Crippen LogP contribution in [-0.2, 0) is 0 Å². The molecule has 1 aliphatic heterocycles. The van der Waals surface area contributed by atoms with Gasteiger partial charge in [-0.2, -0.15) is 0 Å². The van der Waals surface area contributed by atoms with Gasteiger partial charge >= 0.3 is 6.03 Å². The van der Waals surface area contributed by atoms with Gasteiger partial charge in [-0.15, -0.1) is 0 Å². The van der Waals surface area contributed by atoms with Crippen molar-refractivity contribution >= 4 is 6.03 Å². The number of likely N-dealkylation sites (tertiary alicyclic amines) is 1. The molecule has 0 aromatic heterocycles. The number of hydrogen-bond donors (Lipinski definition) is 3. The Bertz CT molecular complexity index is 316. The number of urea groups is 1. The lowest BCUT2D eigenvalue weighted by Gasteiger charge is -2.32. The summed E-state index contributed by atoms with van der Waals surface area (Å²) >= 11 is 0. The predicted molar refractivity (Wildman–Crippen MR) is 79.7 cm³/mol. The van der Waals surface area contributed by atoms with E-state index in [4.69, 9.17) is 0 Å². The molecule has 2 aliphatic rings. The topological polar surface area (TPSA) is 64.6 Å². The standard InChI is InChI=1S/C15H29N3O2/c1-2-18-10-6-7-13(18)11-16-14(19)17-12-15(20)8-4-3-5-9-15/h13,20H,2-12H2,1H3,(H2,16,17,19). The van der Waals surface area contributed by atoms with Crippen LogP contribution in [-0.4, -0.2) is 53.9 Å². The van der Waals surface area contributed by atoms with E-state index in [-0.39, 0.29) is 6.03 Å². The molecule has 1 unspecified atom stereocenters. The summed E-state index contributed by atoms with van der Waals surface area (Å²) in [4.78, 5) is 14.2. The maximum atomic E-state index is 11.8. The van der Waals surface area contributed by atoms with Crippen molar-refractivity contribution in [1.29, 1.82) is 0 Å². The van der Waals surface area contributed by atoms with Crippen LogP contribution in [0.4, 0.5) is 4.79 Å². The van der Waals surface area contributed by atoms with Gasteiger partial charge in [0.1, 0.15) is 0 Å². The Morgan fingerprint density at radius 3 is 2.70 bits per heavy atom. The Labute approximate surface area is 122 Å². The molecule has 1 atom stereocenters. The maximum absolute atomic E-state index is 11.8. The van der Waals surface area contributed by atoms with E-state index in [2.05, 4.69) is 22.5 Å². The average Bonchev–Trinajstić information content (AvgIpc) is 2.91. The Morgan fingerprint density at radius 1 is 1.25 bits per heavy atom. The fraction of sp³-hybridized carbons (Fsp3) is 0.933. The summed E-state index contributed by atoms with van der Waals surface area (Å²) in [6.45, 7) is 5.44. The number of hydrogen-bond acceptors (Lipinski definition) is 3. The van der Waals surface area contributed by atoms with E-state index in [0.29, 0.717) is 19.1 Å². The average molecular weight is 283 g/mol. The van der Waals surface area contributed by atoms with E-state index in [9.17, 15) is 9.90 Å². The molecule has 0 bridgehead atoms. The number of aliphatic hydroxyl groups is 1. The summed E-state index contributed by atoms with van der Waals surface area (Å²) in [7, 11) is 0. The van der Waals surface area contributed by atoms with Crippen molar-refractivity contribution in [2.24, 2.45) is 0 Å². The second kappa shape index (κ2) is 7.27. The number of rotatable bonds is 5. The molecule has 1 aliphatic carbocycles. The largest absolute Gasteiger partial charge is 0.388 e. The lowest BCUT2D eigenvalue weighted by Crippen LogP contribution is -2.49. The molecule has 5 heteroatoms. The molecule has 5 nitrogen and oxygen atoms in total. The van der Waals surface area contributed by atoms with Crippen LogP contribution < -0.4 is 10.6 Å². The molecule has 0 aromatic carbocycles. The van der Waals surface area contributed by atoms with Crippen molar-refractivity contribution in [3.8, 4) is 0 Å². The summed E-state index contributed by atoms with van der Waals surface area (Å²) in [5.41, 5.74) is -0.682. The summed E-state index contributed by atoms with van der Waals surface area (Å²) in [5, 5.41) is 16.1. The summed E-state index contributed by atoms with van der Waals surface area (Å²) in [6.07, 6.45) is 7.32. The van der Waals surface area contributed by atoms with Crippen LogP contribution in [0.15, 0.2) is 0 Å². The number of likely N-dealkylation sites (N-methyl/N-ethyl adjacent to an activating group) is 1. The molecule has 0 aromatic rings. The highest BCUT2D eigenvalue weighted by Crippen LogP contribution is 2.27. The van der Waals surface area contributed by atoms with Crippen LogP contribution in [0.1, 0.15) is 51.9 Å². The van der Waals surface area contributed by atoms with Gasteiger partial charge in [-0.25, -0.2) is 4.79 Å². The molecule has 116 valence electrons. The van der Waals surface area contributed by atoms with Gasteiger partial charge in [0, 0.05) is 19.1 Å². The predicted octanol–water partition coefficient (Wildman–Crippen LogP) is 1.47. The van der Waals surface area contributed by atoms with E-state index >= 15 is 0 Å². The molecule has 2 amide bonds. The van der Waals surface area contributed by atoms with E-state index in [0.717, 1.165) is 45.2 Å². The van der Waals surface area contributed by atoms with Crippen molar-refractivity contribution in [1.82, 2.24) is 15.5 Å². The third-order valence-corrected chi connectivity index (χ3v) is 4.77. The van der Waals surface area contributed by atoms with Gasteiger partial charge in [-0.05, 0) is 38.8 Å². The van der Waals surface area contributed by atoms with Crippen LogP contribution in [0, 0.1) is 0 Å². The fourth-order valence-electron chi connectivity index (χ4n) is 3.45. The molecule has 0 radical (unpaired) electrons. The van der Waals surface area contributed by atoms with Crippen LogP contribution in [0.3, 0.4) is 0 Å². The smallest absolute Gasteiger partial charge is 0.314 e. The molecular formula is C15H29N3O2. The van der Waals surface area contributed by atoms with E-state index in [1.165, 1.54) is 12.8 Å². The first-order valence-electron chi connectivity index (χ1n) is 8.11. The van der Waals surface area contributed by atoms with Crippen LogP contribution in [0.2, 0.25) is 0 Å². The zero-order valence-electron chi connectivity index (χ0n) is 12.7. The molecule has 1 heterocycles. The monoisotopic (exact) mass is 283 g/mol. The van der Waals surface area contributed by atoms with Gasteiger partial charge < -0.3 is 15.7 Å². The van der Waals surface area contributed by atoms with Crippen LogP contribution >= 0.6 is 0 Å². The van der Waals surface area contributed by atoms with E-state index < -0.39 is 5.60 Å². The third-order valence-electron chi connectivity index (χ3n) is 4.77. The molecule has 20 heavy (non-hydrogen) atoms. The molecule has 1 saturated heterocycles. The summed E-state index contributed by atoms with van der Waals surface area (Å²) in [6, 6.07) is 0.329. The fourth-order valence-corrected chi connectivity index (χ4v) is 3.45. The summed E-state index contributed by atoms with van der Waals surface area (Å²) < 4.78 is 0. The first kappa shape index (κ1) is 15.6. The molecule has 1 saturated carbocycles. The Balaban J connectivity index is 1.65. The maximum Gasteiger partial charge on any atom is 0.314 e. The minimum absolute atomic E-state index is 0.146. The number of amides is 2. The first-order valence-corrected chi connectivity index (χ1v) is 8.11. The van der Waals surface area contributed by atoms with Gasteiger partial charge in [-0.3, -0.25) is 4.90 Å². The number of nitrogens with zero attached hydrogens (tertiary/aromatic N) is 1. The van der Waals surface area contributed by atoms with Crippen LogP contribution in [0.25, 0.3) is 0 Å². The highest BCUT2D eigenvalue weighted by molar-refractivity contribution is 5.73. The van der Waals surface area contributed by atoms with Gasteiger partial charge in [0.15, 0.2) is 0 Å². The summed E-state index contributed by atoms with van der Waals surface area (Å²) in [5.74, 6) is 0. The zero-order chi connectivity index (χ0) is 14.4. The Morgan fingerprint density at radius 2 is 2.00 bits per heavy atom. The molecule has 3 N–H and O–H groups in total. The third kappa shape index (κ3) is 4.35. The highest BCUT2D eigenvalue weighted by Gasteiger charge is 2.29. The number of nitrogens with one attached hydrogen (secondary N) is 2. The van der Waals surface area contributed by atoms with Crippen molar-refractivity contribution in [2.75, 3.05) is 26.2 Å². The van der Waals surface area contributed by atoms with E-state index in [1.54, 1.807) is 0 Å². The zero-order valence-corrected chi connectivity index (χ0v) is 12.7. The normalized spacial score (nSPS) is 26.4. The van der Waals surface area contributed by atoms with Crippen molar-refractivity contribution in [3.63, 3.8) is 0 Å². The molecule has 0 spiro atoms. The minimum Gasteiger partial charge on any atom is -0.388 e. The quantitative estimate of drug-likeness (QED) is 0.716. The lowest BCUT2D eigenvalue weighted by atomic mass is 9.85. The van der Waals surface area contributed by atoms with Gasteiger partial charge in [0.2, 0.25) is 0 Å². The van der Waals surface area contributed by atoms with Gasteiger partial charge in [0.05, 0.1) is 5.60 Å². The molecule has 2 fully saturated rings. The second-order valence-electron chi connectivity index (χ2n) is 6.27. The van der Waals surface area contributed by atoms with Gasteiger partial charge in [-0.1, -0.05) is 26.2 Å². The minimum atomic E-state index is -0.682. The number of carbonyl (C=O) groups excluding carboxylic acids is 1. The Kier molecular flexibility index (Phi) is 5.66. The van der Waals surface area contributed by atoms with Gasteiger partial charge in [0.25, 0.3) is 0 Å². The highest BCUT2D eigenvalue weighted by atomic mass is 16.3. The lowest BCUT2D eigenvalue weighted by molar-refractivity contribution is 0.00717. The molecule has 2 rings (SSSR count).